The van der Waals surface area contributed by atoms with Crippen LogP contribution in [0.1, 0.15) is 53.6 Å². The van der Waals surface area contributed by atoms with Gasteiger partial charge in [-0.2, -0.15) is 0 Å². The number of nitrogens with zero attached hydrogens (tertiary/aromatic N) is 1. The molecule has 186 valence electrons. The van der Waals surface area contributed by atoms with E-state index >= 15 is 0 Å². The Kier molecular flexibility index (Phi) is 7.15. The molecule has 1 saturated heterocycles. The molecule has 0 aromatic heterocycles. The topological polar surface area (TPSA) is 76.1 Å². The molecule has 1 amide bonds. The summed E-state index contributed by atoms with van der Waals surface area (Å²) in [5, 5.41) is 11.5. The number of Topliss-reactive ketones (excluding diaryl/α,β-unsaturated/α-hetero) is 1. The van der Waals surface area contributed by atoms with Gasteiger partial charge in [-0.25, -0.2) is 0 Å². The second-order valence-electron chi connectivity index (χ2n) is 9.26. The van der Waals surface area contributed by atoms with E-state index < -0.39 is 17.7 Å². The standard InChI is InChI=1S/C30H31NO5/c1-18(2)20-11-13-21(14-12-20)27-26(28(32)23-16-19(3)10-15-25(23)36-5)29(33)30(34)31(27)17-22-8-6-7-9-24(22)35-4/h6-16,18,27,32H,17H2,1-5H3/b28-26+. The minimum Gasteiger partial charge on any atom is -0.507 e. The van der Waals surface area contributed by atoms with Crippen molar-refractivity contribution in [2.45, 2.75) is 39.3 Å². The normalized spacial score (nSPS) is 17.1. The fourth-order valence-corrected chi connectivity index (χ4v) is 4.62. The predicted octanol–water partition coefficient (Wildman–Crippen LogP) is 5.76. The van der Waals surface area contributed by atoms with Crippen molar-refractivity contribution in [2.75, 3.05) is 14.2 Å². The molecule has 1 N–H and O–H groups in total. The Bertz CT molecular complexity index is 1320. The van der Waals surface area contributed by atoms with E-state index in [4.69, 9.17) is 9.47 Å². The summed E-state index contributed by atoms with van der Waals surface area (Å²) in [7, 11) is 3.07. The molecule has 0 spiro atoms. The Labute approximate surface area is 211 Å². The van der Waals surface area contributed by atoms with E-state index in [-0.39, 0.29) is 17.9 Å². The number of hydrogen-bond acceptors (Lipinski definition) is 5. The highest BCUT2D eigenvalue weighted by Crippen LogP contribution is 2.42. The zero-order chi connectivity index (χ0) is 26.0. The van der Waals surface area contributed by atoms with Crippen molar-refractivity contribution >= 4 is 17.4 Å². The van der Waals surface area contributed by atoms with Gasteiger partial charge in [0.2, 0.25) is 0 Å². The smallest absolute Gasteiger partial charge is 0.295 e. The van der Waals surface area contributed by atoms with E-state index in [1.165, 1.54) is 12.0 Å². The molecule has 0 bridgehead atoms. The van der Waals surface area contributed by atoms with Crippen LogP contribution in [0.5, 0.6) is 11.5 Å². The summed E-state index contributed by atoms with van der Waals surface area (Å²) < 4.78 is 10.9. The third-order valence-corrected chi connectivity index (χ3v) is 6.60. The molecule has 36 heavy (non-hydrogen) atoms. The van der Waals surface area contributed by atoms with E-state index in [2.05, 4.69) is 13.8 Å². The number of ether oxygens (including phenoxy) is 2. The maximum Gasteiger partial charge on any atom is 0.295 e. The van der Waals surface area contributed by atoms with Crippen LogP contribution < -0.4 is 9.47 Å². The van der Waals surface area contributed by atoms with Crippen LogP contribution in [-0.4, -0.2) is 35.9 Å². The zero-order valence-corrected chi connectivity index (χ0v) is 21.2. The summed E-state index contributed by atoms with van der Waals surface area (Å²) >= 11 is 0. The van der Waals surface area contributed by atoms with Crippen LogP contribution >= 0.6 is 0 Å². The number of benzene rings is 3. The molecule has 3 aromatic carbocycles. The molecule has 1 heterocycles. The van der Waals surface area contributed by atoms with Crippen LogP contribution in [0, 0.1) is 6.92 Å². The average Bonchev–Trinajstić information content (AvgIpc) is 3.13. The summed E-state index contributed by atoms with van der Waals surface area (Å²) in [6.07, 6.45) is 0. The highest BCUT2D eigenvalue weighted by atomic mass is 16.5. The van der Waals surface area contributed by atoms with Gasteiger partial charge in [0, 0.05) is 5.56 Å². The first-order chi connectivity index (χ1) is 17.3. The van der Waals surface area contributed by atoms with Crippen molar-refractivity contribution in [3.05, 3.63) is 100 Å². The third kappa shape index (κ3) is 4.59. The number of hydrogen-bond donors (Lipinski definition) is 1. The minimum absolute atomic E-state index is 0.0381. The van der Waals surface area contributed by atoms with Gasteiger partial charge in [-0.15, -0.1) is 0 Å². The Hall–Kier alpha value is -4.06. The van der Waals surface area contributed by atoms with Crippen molar-refractivity contribution in [3.63, 3.8) is 0 Å². The lowest BCUT2D eigenvalue weighted by Gasteiger charge is -2.26. The number of aryl methyl sites for hydroxylation is 1. The number of carbonyl (C=O) groups is 2. The van der Waals surface area contributed by atoms with E-state index in [1.54, 1.807) is 19.2 Å². The van der Waals surface area contributed by atoms with Gasteiger partial charge >= 0.3 is 0 Å². The molecule has 6 nitrogen and oxygen atoms in total. The van der Waals surface area contributed by atoms with Crippen LogP contribution in [-0.2, 0) is 16.1 Å². The van der Waals surface area contributed by atoms with Crippen LogP contribution in [0.3, 0.4) is 0 Å². The Morgan fingerprint density at radius 3 is 2.25 bits per heavy atom. The van der Waals surface area contributed by atoms with Gasteiger partial charge in [-0.05, 0) is 42.2 Å². The van der Waals surface area contributed by atoms with Crippen molar-refractivity contribution < 1.29 is 24.2 Å². The highest BCUT2D eigenvalue weighted by molar-refractivity contribution is 6.46. The first kappa shape index (κ1) is 25.0. The van der Waals surface area contributed by atoms with Crippen molar-refractivity contribution in [1.82, 2.24) is 4.90 Å². The monoisotopic (exact) mass is 485 g/mol. The summed E-state index contributed by atoms with van der Waals surface area (Å²) in [5.74, 6) is -0.294. The Morgan fingerprint density at radius 2 is 1.61 bits per heavy atom. The molecular weight excluding hydrogens is 454 g/mol. The molecule has 4 rings (SSSR count). The highest BCUT2D eigenvalue weighted by Gasteiger charge is 2.46. The van der Waals surface area contributed by atoms with Crippen molar-refractivity contribution in [2.24, 2.45) is 0 Å². The van der Waals surface area contributed by atoms with Crippen LogP contribution in [0.25, 0.3) is 5.76 Å². The number of likely N-dealkylation sites (tertiary alicyclic amines) is 1. The third-order valence-electron chi connectivity index (χ3n) is 6.60. The molecular formula is C30H31NO5. The van der Waals surface area contributed by atoms with Gasteiger partial charge in [-0.3, -0.25) is 9.59 Å². The largest absolute Gasteiger partial charge is 0.507 e. The maximum atomic E-state index is 13.4. The number of amides is 1. The molecule has 0 radical (unpaired) electrons. The molecule has 1 atom stereocenters. The summed E-state index contributed by atoms with van der Waals surface area (Å²) in [5.41, 5.74) is 3.94. The average molecular weight is 486 g/mol. The quantitative estimate of drug-likeness (QED) is 0.262. The summed E-state index contributed by atoms with van der Waals surface area (Å²) in [4.78, 5) is 28.3. The van der Waals surface area contributed by atoms with E-state index in [0.717, 1.165) is 22.3 Å². The van der Waals surface area contributed by atoms with Crippen LogP contribution in [0.2, 0.25) is 0 Å². The molecule has 0 aliphatic carbocycles. The van der Waals surface area contributed by atoms with Gasteiger partial charge in [0.15, 0.2) is 0 Å². The number of ketones is 1. The number of aliphatic hydroxyl groups is 1. The number of rotatable bonds is 7. The molecule has 1 aliphatic rings. The summed E-state index contributed by atoms with van der Waals surface area (Å²) in [6, 6.07) is 19.8. The molecule has 1 unspecified atom stereocenters. The van der Waals surface area contributed by atoms with Crippen molar-refractivity contribution in [1.29, 1.82) is 0 Å². The molecule has 1 aliphatic heterocycles. The fraction of sp³-hybridized carbons (Fsp3) is 0.267. The molecule has 1 fully saturated rings. The van der Waals surface area contributed by atoms with E-state index in [1.807, 2.05) is 61.5 Å². The van der Waals surface area contributed by atoms with E-state index in [9.17, 15) is 14.7 Å². The van der Waals surface area contributed by atoms with E-state index in [0.29, 0.717) is 23.0 Å². The number of methoxy groups -OCH3 is 2. The second kappa shape index (κ2) is 10.3. The second-order valence-corrected chi connectivity index (χ2v) is 9.26. The van der Waals surface area contributed by atoms with Gasteiger partial charge in [0.05, 0.1) is 37.9 Å². The minimum atomic E-state index is -0.777. The molecule has 3 aromatic rings. The number of carbonyl (C=O) groups excluding carboxylic acids is 2. The Morgan fingerprint density at radius 1 is 0.944 bits per heavy atom. The summed E-state index contributed by atoms with van der Waals surface area (Å²) in [6.45, 7) is 6.24. The lowest BCUT2D eigenvalue weighted by atomic mass is 9.92. The number of aliphatic hydroxyl groups excluding tert-OH is 1. The SMILES string of the molecule is COc1ccccc1CN1C(=O)C(=O)/C(=C(/O)c2cc(C)ccc2OC)C1c1ccc(C(C)C)cc1. The first-order valence-corrected chi connectivity index (χ1v) is 11.9. The first-order valence-electron chi connectivity index (χ1n) is 11.9. The van der Waals surface area contributed by atoms with Gasteiger partial charge in [-0.1, -0.05) is 67.9 Å². The predicted molar refractivity (Wildman–Crippen MR) is 139 cm³/mol. The van der Waals surface area contributed by atoms with Gasteiger partial charge in [0.1, 0.15) is 17.3 Å². The lowest BCUT2D eigenvalue weighted by Crippen LogP contribution is -2.29. The van der Waals surface area contributed by atoms with Gasteiger partial charge < -0.3 is 19.5 Å². The number of para-hydroxylation sites is 1. The zero-order valence-electron chi connectivity index (χ0n) is 21.2. The lowest BCUT2D eigenvalue weighted by molar-refractivity contribution is -0.140. The molecule has 6 heteroatoms. The maximum absolute atomic E-state index is 13.4. The van der Waals surface area contributed by atoms with Crippen LogP contribution in [0.15, 0.2) is 72.3 Å². The van der Waals surface area contributed by atoms with Crippen molar-refractivity contribution in [3.8, 4) is 11.5 Å². The Balaban J connectivity index is 1.91. The fourth-order valence-electron chi connectivity index (χ4n) is 4.62. The molecule has 0 saturated carbocycles. The van der Waals surface area contributed by atoms with Gasteiger partial charge in [0.25, 0.3) is 11.7 Å². The van der Waals surface area contributed by atoms with Crippen LogP contribution in [0.4, 0.5) is 0 Å².